The molecule has 1 aliphatic rings. The minimum Gasteiger partial charge on any atom is -0.367 e. The molecule has 1 amide bonds. The number of nitrogens with zero attached hydrogens (tertiary/aromatic N) is 1. The van der Waals surface area contributed by atoms with Crippen LogP contribution in [0.2, 0.25) is 0 Å². The molecular formula is C21H20N2OS. The molecular weight excluding hydrogens is 328 g/mol. The Balaban J connectivity index is 1.40. The van der Waals surface area contributed by atoms with E-state index in [2.05, 4.69) is 46.6 Å². The van der Waals surface area contributed by atoms with Crippen molar-refractivity contribution in [1.82, 2.24) is 0 Å². The van der Waals surface area contributed by atoms with E-state index in [1.54, 1.807) is 11.3 Å². The lowest BCUT2D eigenvalue weighted by Crippen LogP contribution is -2.30. The highest BCUT2D eigenvalue weighted by Gasteiger charge is 2.16. The van der Waals surface area contributed by atoms with Gasteiger partial charge in [-0.05, 0) is 53.3 Å². The second kappa shape index (κ2) is 7.11. The molecule has 0 unspecified atom stereocenters. The molecule has 0 spiro atoms. The van der Waals surface area contributed by atoms with Gasteiger partial charge >= 0.3 is 0 Å². The minimum atomic E-state index is 0.0297. The molecule has 0 fully saturated rings. The quantitative estimate of drug-likeness (QED) is 0.753. The molecule has 4 heteroatoms. The summed E-state index contributed by atoms with van der Waals surface area (Å²) < 4.78 is 0. The van der Waals surface area contributed by atoms with E-state index in [0.717, 1.165) is 30.1 Å². The third-order valence-electron chi connectivity index (χ3n) is 4.56. The van der Waals surface area contributed by atoms with Gasteiger partial charge in [-0.1, -0.05) is 30.3 Å². The number of amides is 1. The third-order valence-corrected chi connectivity index (χ3v) is 5.44. The Morgan fingerprint density at radius 1 is 1.00 bits per heavy atom. The summed E-state index contributed by atoms with van der Waals surface area (Å²) in [5.74, 6) is 0.0297. The Morgan fingerprint density at radius 2 is 1.80 bits per heavy atom. The average molecular weight is 348 g/mol. The number of rotatable bonds is 4. The van der Waals surface area contributed by atoms with E-state index in [1.807, 2.05) is 29.6 Å². The van der Waals surface area contributed by atoms with Crippen LogP contribution in [0.5, 0.6) is 0 Å². The molecule has 4 rings (SSSR count). The van der Waals surface area contributed by atoms with Crippen molar-refractivity contribution in [2.75, 3.05) is 16.8 Å². The molecule has 3 aromatic rings. The number of benzene rings is 2. The molecule has 0 radical (unpaired) electrons. The van der Waals surface area contributed by atoms with E-state index in [1.165, 1.54) is 16.8 Å². The molecule has 1 N–H and O–H groups in total. The van der Waals surface area contributed by atoms with Gasteiger partial charge in [-0.2, -0.15) is 0 Å². The molecule has 0 aliphatic carbocycles. The van der Waals surface area contributed by atoms with Crippen molar-refractivity contribution in [1.29, 1.82) is 0 Å². The predicted molar refractivity (Wildman–Crippen MR) is 104 cm³/mol. The molecule has 2 heterocycles. The zero-order valence-corrected chi connectivity index (χ0v) is 14.8. The topological polar surface area (TPSA) is 32.3 Å². The van der Waals surface area contributed by atoms with Crippen LogP contribution in [0.4, 0.5) is 11.4 Å². The fraction of sp³-hybridized carbons (Fsp3) is 0.190. The number of hydrogen-bond acceptors (Lipinski definition) is 3. The summed E-state index contributed by atoms with van der Waals surface area (Å²) >= 11 is 1.61. The smallest absolute Gasteiger partial charge is 0.229 e. The first-order valence-corrected chi connectivity index (χ1v) is 9.40. The van der Waals surface area contributed by atoms with E-state index in [4.69, 9.17) is 0 Å². The number of carbonyl (C=O) groups is 1. The van der Waals surface area contributed by atoms with Gasteiger partial charge < -0.3 is 10.2 Å². The summed E-state index contributed by atoms with van der Waals surface area (Å²) in [4.78, 5) is 15.6. The highest BCUT2D eigenvalue weighted by molar-refractivity contribution is 7.10. The van der Waals surface area contributed by atoms with Gasteiger partial charge in [0.2, 0.25) is 5.91 Å². The molecule has 0 bridgehead atoms. The Bertz CT molecular complexity index is 856. The minimum absolute atomic E-state index is 0.0297. The van der Waals surface area contributed by atoms with Gasteiger partial charge in [-0.15, -0.1) is 11.3 Å². The summed E-state index contributed by atoms with van der Waals surface area (Å²) in [5, 5.41) is 4.97. The molecule has 2 aromatic carbocycles. The second-order valence-corrected chi connectivity index (χ2v) is 7.32. The van der Waals surface area contributed by atoms with Crippen LogP contribution < -0.4 is 10.2 Å². The molecule has 126 valence electrons. The van der Waals surface area contributed by atoms with Crippen molar-refractivity contribution in [3.05, 3.63) is 82.0 Å². The summed E-state index contributed by atoms with van der Waals surface area (Å²) in [5.41, 5.74) is 4.91. The van der Waals surface area contributed by atoms with E-state index >= 15 is 0 Å². The fourth-order valence-electron chi connectivity index (χ4n) is 3.25. The van der Waals surface area contributed by atoms with Gasteiger partial charge in [0.25, 0.3) is 0 Å². The maximum absolute atomic E-state index is 12.1. The standard InChI is InChI=1S/C21H20N2OS/c24-21(14-20-6-3-13-25-20)22-18-7-9-19(10-8-18)23-12-11-16-4-1-2-5-17(16)15-23/h1-10,13H,11-12,14-15H2,(H,22,24). The number of anilines is 2. The van der Waals surface area contributed by atoms with Gasteiger partial charge in [0, 0.05) is 29.3 Å². The van der Waals surface area contributed by atoms with Crippen molar-refractivity contribution >= 4 is 28.6 Å². The predicted octanol–water partition coefficient (Wildman–Crippen LogP) is 4.49. The SMILES string of the molecule is O=C(Cc1cccs1)Nc1ccc(N2CCc3ccccc3C2)cc1. The number of hydrogen-bond donors (Lipinski definition) is 1. The maximum Gasteiger partial charge on any atom is 0.229 e. The van der Waals surface area contributed by atoms with Crippen LogP contribution >= 0.6 is 11.3 Å². The number of carbonyl (C=O) groups excluding carboxylic acids is 1. The number of thiophene rings is 1. The molecule has 0 saturated heterocycles. The van der Waals surface area contributed by atoms with Gasteiger partial charge in [0.1, 0.15) is 0 Å². The third kappa shape index (κ3) is 3.74. The van der Waals surface area contributed by atoms with Crippen molar-refractivity contribution in [3.63, 3.8) is 0 Å². The second-order valence-electron chi connectivity index (χ2n) is 6.29. The van der Waals surface area contributed by atoms with Crippen LogP contribution in [0.15, 0.2) is 66.0 Å². The molecule has 3 nitrogen and oxygen atoms in total. The maximum atomic E-state index is 12.1. The summed E-state index contributed by atoms with van der Waals surface area (Å²) in [7, 11) is 0. The normalized spacial score (nSPS) is 13.4. The molecule has 1 aromatic heterocycles. The summed E-state index contributed by atoms with van der Waals surface area (Å²) in [6.07, 6.45) is 1.51. The van der Waals surface area contributed by atoms with E-state index < -0.39 is 0 Å². The van der Waals surface area contributed by atoms with Gasteiger partial charge in [0.15, 0.2) is 0 Å². The van der Waals surface area contributed by atoms with E-state index in [9.17, 15) is 4.79 Å². The van der Waals surface area contributed by atoms with Gasteiger partial charge in [0.05, 0.1) is 6.42 Å². The molecule has 1 aliphatic heterocycles. The van der Waals surface area contributed by atoms with Crippen LogP contribution in [-0.4, -0.2) is 12.5 Å². The lowest BCUT2D eigenvalue weighted by Gasteiger charge is -2.30. The van der Waals surface area contributed by atoms with Gasteiger partial charge in [-0.3, -0.25) is 4.79 Å². The Labute approximate surface area is 151 Å². The van der Waals surface area contributed by atoms with Crippen molar-refractivity contribution in [2.45, 2.75) is 19.4 Å². The zero-order valence-electron chi connectivity index (χ0n) is 13.9. The van der Waals surface area contributed by atoms with Crippen LogP contribution in [0.25, 0.3) is 0 Å². The fourth-order valence-corrected chi connectivity index (χ4v) is 3.95. The molecule has 25 heavy (non-hydrogen) atoms. The Morgan fingerprint density at radius 3 is 2.56 bits per heavy atom. The largest absolute Gasteiger partial charge is 0.367 e. The first-order valence-electron chi connectivity index (χ1n) is 8.52. The van der Waals surface area contributed by atoms with Gasteiger partial charge in [-0.25, -0.2) is 0 Å². The van der Waals surface area contributed by atoms with Crippen molar-refractivity contribution in [2.24, 2.45) is 0 Å². The lowest BCUT2D eigenvalue weighted by molar-refractivity contribution is -0.115. The Hall–Kier alpha value is -2.59. The number of fused-ring (bicyclic) bond motifs is 1. The Kier molecular flexibility index (Phi) is 4.53. The van der Waals surface area contributed by atoms with Crippen LogP contribution in [0, 0.1) is 0 Å². The molecule has 0 saturated carbocycles. The highest BCUT2D eigenvalue weighted by atomic mass is 32.1. The number of nitrogens with one attached hydrogen (secondary N) is 1. The zero-order chi connectivity index (χ0) is 17.1. The monoisotopic (exact) mass is 348 g/mol. The summed E-state index contributed by atoms with van der Waals surface area (Å²) in [6.45, 7) is 1.97. The molecule has 0 atom stereocenters. The van der Waals surface area contributed by atoms with E-state index in [0.29, 0.717) is 6.42 Å². The summed E-state index contributed by atoms with van der Waals surface area (Å²) in [6, 6.07) is 20.8. The van der Waals surface area contributed by atoms with Crippen molar-refractivity contribution < 1.29 is 4.79 Å². The highest BCUT2D eigenvalue weighted by Crippen LogP contribution is 2.25. The average Bonchev–Trinajstić information content (AvgIpc) is 3.15. The van der Waals surface area contributed by atoms with Crippen molar-refractivity contribution in [3.8, 4) is 0 Å². The first kappa shape index (κ1) is 15.9. The lowest BCUT2D eigenvalue weighted by atomic mass is 9.99. The van der Waals surface area contributed by atoms with Crippen LogP contribution in [0.3, 0.4) is 0 Å². The van der Waals surface area contributed by atoms with Crippen LogP contribution in [0.1, 0.15) is 16.0 Å². The first-order chi connectivity index (χ1) is 12.3. The van der Waals surface area contributed by atoms with Crippen LogP contribution in [-0.2, 0) is 24.2 Å². The van der Waals surface area contributed by atoms with E-state index in [-0.39, 0.29) is 5.91 Å².